The predicted molar refractivity (Wildman–Crippen MR) is 106 cm³/mol. The Kier molecular flexibility index (Phi) is 3.87. The average molecular weight is 351 g/mol. The van der Waals surface area contributed by atoms with Gasteiger partial charge in [-0.15, -0.1) is 0 Å². The Hall–Kier alpha value is -1.98. The second kappa shape index (κ2) is 5.76. The van der Waals surface area contributed by atoms with E-state index in [4.69, 9.17) is 14.0 Å². The Morgan fingerprint density at radius 2 is 1.58 bits per heavy atom. The van der Waals surface area contributed by atoms with Crippen molar-refractivity contribution in [1.82, 2.24) is 0 Å². The Morgan fingerprint density at radius 1 is 0.923 bits per heavy atom. The van der Waals surface area contributed by atoms with Crippen LogP contribution >= 0.6 is 0 Å². The number of ether oxygens (including phenoxy) is 1. The lowest BCUT2D eigenvalue weighted by Crippen LogP contribution is -2.41. The summed E-state index contributed by atoms with van der Waals surface area (Å²) >= 11 is 0. The lowest BCUT2D eigenvalue weighted by atomic mass is 9.79. The molecule has 2 aromatic carbocycles. The van der Waals surface area contributed by atoms with Crippen LogP contribution in [0.25, 0.3) is 0 Å². The maximum absolute atomic E-state index is 6.20. The summed E-state index contributed by atoms with van der Waals surface area (Å²) in [5.74, 6) is 1.78. The largest absolute Gasteiger partial charge is 0.494 e. The molecule has 0 spiro atoms. The minimum atomic E-state index is -0.369. The van der Waals surface area contributed by atoms with Crippen LogP contribution in [0.2, 0.25) is 0 Å². The zero-order chi connectivity index (χ0) is 18.7. The number of hydrogen-bond donors (Lipinski definition) is 0. The molecule has 0 unspecified atom stereocenters. The Morgan fingerprint density at radius 3 is 2.27 bits per heavy atom. The highest BCUT2D eigenvalue weighted by Gasteiger charge is 2.51. The molecule has 0 aromatic heterocycles. The monoisotopic (exact) mass is 351 g/mol. The molecular weight excluding hydrogens is 325 g/mol. The molecule has 0 aliphatic carbocycles. The highest BCUT2D eigenvalue weighted by Crippen LogP contribution is 2.40. The van der Waals surface area contributed by atoms with Crippen molar-refractivity contribution in [1.29, 1.82) is 0 Å². The zero-order valence-corrected chi connectivity index (χ0v) is 16.4. The van der Waals surface area contributed by atoms with Crippen LogP contribution in [0.5, 0.6) is 11.5 Å². The van der Waals surface area contributed by atoms with Gasteiger partial charge in [0.05, 0.1) is 16.9 Å². The van der Waals surface area contributed by atoms with Crippen LogP contribution < -0.4 is 15.1 Å². The van der Waals surface area contributed by atoms with Gasteiger partial charge in [-0.1, -0.05) is 23.8 Å². The first kappa shape index (κ1) is 17.4. The second-order valence-corrected chi connectivity index (χ2v) is 8.38. The van der Waals surface area contributed by atoms with Gasteiger partial charge < -0.3 is 18.9 Å². The lowest BCUT2D eigenvalue weighted by Gasteiger charge is -2.32. The third kappa shape index (κ3) is 2.79. The first-order valence-electron chi connectivity index (χ1n) is 9.14. The van der Waals surface area contributed by atoms with Crippen molar-refractivity contribution < 1.29 is 14.0 Å². The molecule has 2 aromatic rings. The molecule has 5 heteroatoms. The first-order chi connectivity index (χ1) is 12.2. The summed E-state index contributed by atoms with van der Waals surface area (Å²) in [6.07, 6.45) is 0. The van der Waals surface area contributed by atoms with E-state index in [0.29, 0.717) is 0 Å². The van der Waals surface area contributed by atoms with Crippen LogP contribution in [0.1, 0.15) is 38.8 Å². The summed E-state index contributed by atoms with van der Waals surface area (Å²) in [4.78, 5) is 2.22. The number of fused-ring (bicyclic) bond motifs is 2. The van der Waals surface area contributed by atoms with Gasteiger partial charge in [-0.05, 0) is 58.3 Å². The molecular formula is C21H26BNO3. The summed E-state index contributed by atoms with van der Waals surface area (Å²) in [5.41, 5.74) is 3.80. The number of benzene rings is 2. The normalized spacial score (nSPS) is 20.2. The number of nitrogens with zero attached hydrogens (tertiary/aromatic N) is 1. The summed E-state index contributed by atoms with van der Waals surface area (Å²) in [5, 5.41) is 0. The van der Waals surface area contributed by atoms with Crippen LogP contribution in [0, 0.1) is 6.92 Å². The smallest absolute Gasteiger partial charge is 0.455 e. The fourth-order valence-electron chi connectivity index (χ4n) is 3.44. The van der Waals surface area contributed by atoms with E-state index in [1.807, 2.05) is 12.1 Å². The minimum Gasteiger partial charge on any atom is -0.455 e. The van der Waals surface area contributed by atoms with Gasteiger partial charge >= 0.3 is 7.12 Å². The van der Waals surface area contributed by atoms with Crippen LogP contribution in [0.3, 0.4) is 0 Å². The number of hydrogen-bond acceptors (Lipinski definition) is 4. The van der Waals surface area contributed by atoms with Crippen molar-refractivity contribution in [3.8, 4) is 11.5 Å². The molecule has 1 fully saturated rings. The van der Waals surface area contributed by atoms with E-state index in [2.05, 4.69) is 70.8 Å². The molecule has 0 saturated carbocycles. The lowest BCUT2D eigenvalue weighted by molar-refractivity contribution is 0.00578. The van der Waals surface area contributed by atoms with Gasteiger partial charge in [0.1, 0.15) is 5.75 Å². The molecule has 26 heavy (non-hydrogen) atoms. The van der Waals surface area contributed by atoms with Gasteiger partial charge in [0.2, 0.25) is 0 Å². The molecule has 0 N–H and O–H groups in total. The topological polar surface area (TPSA) is 30.9 Å². The van der Waals surface area contributed by atoms with Crippen LogP contribution in [-0.4, -0.2) is 25.4 Å². The quantitative estimate of drug-likeness (QED) is 0.726. The van der Waals surface area contributed by atoms with Crippen molar-refractivity contribution in [3.63, 3.8) is 0 Å². The van der Waals surface area contributed by atoms with E-state index < -0.39 is 0 Å². The Labute approximate surface area is 156 Å². The van der Waals surface area contributed by atoms with E-state index in [-0.39, 0.29) is 18.3 Å². The standard InChI is InChI=1S/C21H26BNO3/c1-14-7-9-18-15(11-14)13-23(6)17-12-16(8-10-19(17)24-18)22-25-20(2,3)21(4,5)26-22/h7-12H,13H2,1-6H3. The first-order valence-corrected chi connectivity index (χ1v) is 9.14. The molecule has 2 aliphatic rings. The molecule has 0 amide bonds. The molecule has 2 aliphatic heterocycles. The van der Waals surface area contributed by atoms with Crippen molar-refractivity contribution >= 4 is 18.3 Å². The molecule has 0 bridgehead atoms. The Balaban J connectivity index is 1.69. The van der Waals surface area contributed by atoms with E-state index in [1.165, 1.54) is 11.1 Å². The predicted octanol–water partition coefficient (Wildman–Crippen LogP) is 4.04. The van der Waals surface area contributed by atoms with Gasteiger partial charge in [0.25, 0.3) is 0 Å². The van der Waals surface area contributed by atoms with Gasteiger partial charge in [0, 0.05) is 19.2 Å². The number of aryl methyl sites for hydroxylation is 1. The number of rotatable bonds is 1. The maximum Gasteiger partial charge on any atom is 0.494 e. The summed E-state index contributed by atoms with van der Waals surface area (Å²) < 4.78 is 18.6. The van der Waals surface area contributed by atoms with Crippen LogP contribution in [0.4, 0.5) is 5.69 Å². The van der Waals surface area contributed by atoms with Gasteiger partial charge in [-0.2, -0.15) is 0 Å². The molecule has 1 saturated heterocycles. The molecule has 136 valence electrons. The number of anilines is 1. The van der Waals surface area contributed by atoms with Gasteiger partial charge in [-0.3, -0.25) is 0 Å². The fourth-order valence-corrected chi connectivity index (χ4v) is 3.44. The van der Waals surface area contributed by atoms with E-state index >= 15 is 0 Å². The molecule has 4 nitrogen and oxygen atoms in total. The molecule has 2 heterocycles. The van der Waals surface area contributed by atoms with Crippen molar-refractivity contribution in [2.45, 2.75) is 52.4 Å². The Bertz CT molecular complexity index is 846. The average Bonchev–Trinajstić information content (AvgIpc) is 2.69. The third-order valence-electron chi connectivity index (χ3n) is 5.76. The summed E-state index contributed by atoms with van der Waals surface area (Å²) in [6.45, 7) is 11.2. The summed E-state index contributed by atoms with van der Waals surface area (Å²) in [7, 11) is 1.72. The van der Waals surface area contributed by atoms with E-state index in [0.717, 1.165) is 29.2 Å². The van der Waals surface area contributed by atoms with Crippen molar-refractivity contribution in [2.24, 2.45) is 0 Å². The van der Waals surface area contributed by atoms with Gasteiger partial charge in [-0.25, -0.2) is 0 Å². The van der Waals surface area contributed by atoms with E-state index in [9.17, 15) is 0 Å². The van der Waals surface area contributed by atoms with Crippen LogP contribution in [-0.2, 0) is 15.9 Å². The zero-order valence-electron chi connectivity index (χ0n) is 16.4. The third-order valence-corrected chi connectivity index (χ3v) is 5.76. The summed E-state index contributed by atoms with van der Waals surface area (Å²) in [6, 6.07) is 12.5. The fraction of sp³-hybridized carbons (Fsp3) is 0.429. The van der Waals surface area contributed by atoms with Crippen molar-refractivity contribution in [2.75, 3.05) is 11.9 Å². The molecule has 0 atom stereocenters. The molecule has 0 radical (unpaired) electrons. The minimum absolute atomic E-state index is 0.347. The highest BCUT2D eigenvalue weighted by molar-refractivity contribution is 6.62. The van der Waals surface area contributed by atoms with E-state index in [1.54, 1.807) is 0 Å². The molecule has 4 rings (SSSR count). The van der Waals surface area contributed by atoms with Crippen molar-refractivity contribution in [3.05, 3.63) is 47.5 Å². The highest BCUT2D eigenvalue weighted by atomic mass is 16.7. The maximum atomic E-state index is 6.20. The SMILES string of the molecule is Cc1ccc2c(c1)CN(C)c1cc(B3OC(C)(C)C(C)(C)O3)ccc1O2. The van der Waals surface area contributed by atoms with Gasteiger partial charge in [0.15, 0.2) is 5.75 Å². The van der Waals surface area contributed by atoms with Crippen LogP contribution in [0.15, 0.2) is 36.4 Å². The second-order valence-electron chi connectivity index (χ2n) is 8.38.